The van der Waals surface area contributed by atoms with E-state index in [2.05, 4.69) is 67.4 Å². The minimum Gasteiger partial charge on any atom is -0.423 e. The van der Waals surface area contributed by atoms with Crippen LogP contribution in [0, 0.1) is 6.92 Å². The van der Waals surface area contributed by atoms with Crippen LogP contribution in [0.15, 0.2) is 121 Å². The summed E-state index contributed by atoms with van der Waals surface area (Å²) >= 11 is 0. The van der Waals surface area contributed by atoms with Crippen molar-refractivity contribution in [2.75, 3.05) is 4.90 Å². The largest absolute Gasteiger partial charge is 0.423 e. The van der Waals surface area contributed by atoms with Crippen molar-refractivity contribution in [2.45, 2.75) is 20.8 Å². The fraction of sp³-hybridized carbons (Fsp3) is 0.0909. The first kappa shape index (κ1) is 26.2. The van der Waals surface area contributed by atoms with Crippen molar-refractivity contribution in [2.24, 2.45) is 0 Å². The second kappa shape index (κ2) is 11.4. The van der Waals surface area contributed by atoms with Crippen LogP contribution in [0.3, 0.4) is 0 Å². The van der Waals surface area contributed by atoms with Gasteiger partial charge in [0.05, 0.1) is 0 Å². The highest BCUT2D eigenvalue weighted by molar-refractivity contribution is 5.89. The highest BCUT2D eigenvalue weighted by atomic mass is 16.5. The van der Waals surface area contributed by atoms with Crippen molar-refractivity contribution in [3.8, 4) is 22.6 Å². The number of aryl methyl sites for hydroxylation is 1. The third kappa shape index (κ3) is 6.26. The molecule has 0 amide bonds. The summed E-state index contributed by atoms with van der Waals surface area (Å²) in [5.41, 5.74) is 6.76. The van der Waals surface area contributed by atoms with E-state index in [9.17, 15) is 9.59 Å². The maximum Gasteiger partial charge on any atom is 0.338 e. The Hall–Kier alpha value is -4.90. The van der Waals surface area contributed by atoms with Crippen LogP contribution in [0.5, 0.6) is 11.5 Å². The number of rotatable bonds is 8. The van der Waals surface area contributed by atoms with Crippen molar-refractivity contribution >= 4 is 29.0 Å². The normalized spacial score (nSPS) is 10.4. The molecule has 38 heavy (non-hydrogen) atoms. The molecule has 0 unspecified atom stereocenters. The quantitative estimate of drug-likeness (QED) is 0.138. The van der Waals surface area contributed by atoms with Gasteiger partial charge in [0.15, 0.2) is 0 Å². The molecule has 0 aromatic heterocycles. The molecule has 5 nitrogen and oxygen atoms in total. The zero-order valence-electron chi connectivity index (χ0n) is 21.7. The summed E-state index contributed by atoms with van der Waals surface area (Å²) in [5, 5.41) is 0. The molecular formula is C33H29NO4. The minimum atomic E-state index is -0.453. The summed E-state index contributed by atoms with van der Waals surface area (Å²) in [5.74, 6) is 0.0336. The van der Waals surface area contributed by atoms with Gasteiger partial charge in [0.1, 0.15) is 11.5 Å². The smallest absolute Gasteiger partial charge is 0.338 e. The van der Waals surface area contributed by atoms with Gasteiger partial charge < -0.3 is 14.4 Å². The Bertz CT molecular complexity index is 1480. The van der Waals surface area contributed by atoms with Crippen LogP contribution < -0.4 is 14.4 Å². The molecule has 0 aliphatic carbocycles. The molecule has 190 valence electrons. The van der Waals surface area contributed by atoms with Gasteiger partial charge in [0.2, 0.25) is 0 Å². The molecule has 4 aromatic carbocycles. The van der Waals surface area contributed by atoms with Gasteiger partial charge in [-0.2, -0.15) is 0 Å². The third-order valence-corrected chi connectivity index (χ3v) is 5.79. The molecule has 0 bridgehead atoms. The fourth-order valence-corrected chi connectivity index (χ4v) is 3.78. The number of carbonyl (C=O) groups excluding carboxylic acids is 2. The molecule has 0 heterocycles. The molecule has 0 radical (unpaired) electrons. The lowest BCUT2D eigenvalue weighted by atomic mass is 10.0. The lowest BCUT2D eigenvalue weighted by molar-refractivity contribution is -0.130. The van der Waals surface area contributed by atoms with Gasteiger partial charge in [0, 0.05) is 28.2 Å². The van der Waals surface area contributed by atoms with Crippen molar-refractivity contribution in [3.05, 3.63) is 127 Å². The molecule has 0 N–H and O–H groups in total. The predicted octanol–water partition coefficient (Wildman–Crippen LogP) is 8.09. The first-order chi connectivity index (χ1) is 18.2. The second-order valence-electron chi connectivity index (χ2n) is 9.08. The topological polar surface area (TPSA) is 55.8 Å². The first-order valence-electron chi connectivity index (χ1n) is 12.1. The maximum atomic E-state index is 11.9. The van der Waals surface area contributed by atoms with E-state index in [0.717, 1.165) is 33.8 Å². The highest BCUT2D eigenvalue weighted by Gasteiger charge is 2.14. The van der Waals surface area contributed by atoms with Gasteiger partial charge in [-0.05, 0) is 98.1 Å². The van der Waals surface area contributed by atoms with Crippen molar-refractivity contribution < 1.29 is 19.1 Å². The lowest BCUT2D eigenvalue weighted by Gasteiger charge is -2.26. The fourth-order valence-electron chi connectivity index (χ4n) is 3.78. The van der Waals surface area contributed by atoms with E-state index < -0.39 is 11.9 Å². The Morgan fingerprint density at radius 3 is 1.47 bits per heavy atom. The van der Waals surface area contributed by atoms with Crippen LogP contribution in [0.25, 0.3) is 11.1 Å². The van der Waals surface area contributed by atoms with Crippen molar-refractivity contribution in [1.29, 1.82) is 0 Å². The van der Waals surface area contributed by atoms with E-state index >= 15 is 0 Å². The van der Waals surface area contributed by atoms with Crippen LogP contribution in [-0.2, 0) is 9.59 Å². The summed E-state index contributed by atoms with van der Waals surface area (Å²) in [4.78, 5) is 25.8. The SMILES string of the molecule is C=C(C)C(=O)Oc1ccc(-c2ccc(N(c3ccc(OC(=O)C(=C)C)cc3)c3cccc(C)c3)cc2)cc1. The van der Waals surface area contributed by atoms with E-state index in [-0.39, 0.29) is 0 Å². The molecular weight excluding hydrogens is 474 g/mol. The molecule has 0 fully saturated rings. The molecule has 4 aromatic rings. The Morgan fingerprint density at radius 1 is 0.605 bits per heavy atom. The average molecular weight is 504 g/mol. The van der Waals surface area contributed by atoms with Gasteiger partial charge in [-0.3, -0.25) is 0 Å². The predicted molar refractivity (Wildman–Crippen MR) is 152 cm³/mol. The molecule has 0 spiro atoms. The summed E-state index contributed by atoms with van der Waals surface area (Å²) in [6, 6.07) is 31.2. The van der Waals surface area contributed by atoms with E-state index in [0.29, 0.717) is 22.6 Å². The Balaban J connectivity index is 1.62. The van der Waals surface area contributed by atoms with Crippen LogP contribution >= 0.6 is 0 Å². The zero-order valence-corrected chi connectivity index (χ0v) is 21.7. The monoisotopic (exact) mass is 503 g/mol. The van der Waals surface area contributed by atoms with Gasteiger partial charge in [0.25, 0.3) is 0 Å². The number of hydrogen-bond donors (Lipinski definition) is 0. The summed E-state index contributed by atoms with van der Waals surface area (Å²) in [7, 11) is 0. The Labute approximate surface area is 223 Å². The van der Waals surface area contributed by atoms with E-state index in [1.807, 2.05) is 30.3 Å². The van der Waals surface area contributed by atoms with Gasteiger partial charge in [-0.1, -0.05) is 49.6 Å². The Kier molecular flexibility index (Phi) is 7.88. The standard InChI is InChI=1S/C33H29NO4/c1-22(2)32(35)37-30-17-11-26(12-18-30)25-9-13-27(14-10-25)34(29-8-6-7-24(5)21-29)28-15-19-31(20-16-28)38-33(36)23(3)4/h6-21H,1,3H2,2,4-5H3. The van der Waals surface area contributed by atoms with Gasteiger partial charge in [-0.15, -0.1) is 0 Å². The number of nitrogens with zero attached hydrogens (tertiary/aromatic N) is 1. The number of benzene rings is 4. The summed E-state index contributed by atoms with van der Waals surface area (Å²) < 4.78 is 10.6. The van der Waals surface area contributed by atoms with E-state index in [4.69, 9.17) is 9.47 Å². The van der Waals surface area contributed by atoms with Crippen molar-refractivity contribution in [1.82, 2.24) is 0 Å². The molecule has 0 saturated carbocycles. The molecule has 0 aliphatic heterocycles. The number of ether oxygens (including phenoxy) is 2. The summed E-state index contributed by atoms with van der Waals surface area (Å²) in [6.07, 6.45) is 0. The lowest BCUT2D eigenvalue weighted by Crippen LogP contribution is -2.11. The van der Waals surface area contributed by atoms with Gasteiger partial charge >= 0.3 is 11.9 Å². The zero-order chi connectivity index (χ0) is 27.2. The van der Waals surface area contributed by atoms with Crippen LogP contribution in [0.2, 0.25) is 0 Å². The average Bonchev–Trinajstić information content (AvgIpc) is 2.90. The number of esters is 2. The third-order valence-electron chi connectivity index (χ3n) is 5.79. The Morgan fingerprint density at radius 2 is 1.03 bits per heavy atom. The summed E-state index contributed by atoms with van der Waals surface area (Å²) in [6.45, 7) is 12.5. The van der Waals surface area contributed by atoms with Crippen molar-refractivity contribution in [3.63, 3.8) is 0 Å². The molecule has 5 heteroatoms. The number of carbonyl (C=O) groups is 2. The van der Waals surface area contributed by atoms with Gasteiger partial charge in [-0.25, -0.2) is 9.59 Å². The molecule has 4 rings (SSSR count). The van der Waals surface area contributed by atoms with Crippen LogP contribution in [0.1, 0.15) is 19.4 Å². The molecule has 0 saturated heterocycles. The minimum absolute atomic E-state index is 0.345. The first-order valence-corrected chi connectivity index (χ1v) is 12.1. The second-order valence-corrected chi connectivity index (χ2v) is 9.08. The van der Waals surface area contributed by atoms with E-state index in [1.54, 1.807) is 38.1 Å². The van der Waals surface area contributed by atoms with Crippen LogP contribution in [0.4, 0.5) is 17.1 Å². The highest BCUT2D eigenvalue weighted by Crippen LogP contribution is 2.37. The number of anilines is 3. The maximum absolute atomic E-state index is 11.9. The number of hydrogen-bond acceptors (Lipinski definition) is 5. The van der Waals surface area contributed by atoms with Crippen LogP contribution in [-0.4, -0.2) is 11.9 Å². The van der Waals surface area contributed by atoms with E-state index in [1.165, 1.54) is 0 Å². The molecule has 0 aliphatic rings. The molecule has 0 atom stereocenters.